The summed E-state index contributed by atoms with van der Waals surface area (Å²) in [7, 11) is 1.82. The number of aromatic nitrogens is 1. The van der Waals surface area contributed by atoms with Gasteiger partial charge >= 0.3 is 0 Å². The number of fused-ring (bicyclic) bond motifs is 1. The van der Waals surface area contributed by atoms with Crippen molar-refractivity contribution < 1.29 is 9.21 Å². The van der Waals surface area contributed by atoms with Crippen molar-refractivity contribution in [3.05, 3.63) is 53.4 Å². The van der Waals surface area contributed by atoms with Crippen molar-refractivity contribution in [2.75, 3.05) is 7.05 Å². The summed E-state index contributed by atoms with van der Waals surface area (Å²) in [6.45, 7) is 0.516. The molecule has 1 amide bonds. The number of benzene rings is 1. The summed E-state index contributed by atoms with van der Waals surface area (Å²) in [6.07, 6.45) is 2.31. The van der Waals surface area contributed by atoms with Crippen LogP contribution in [0.2, 0.25) is 0 Å². The smallest absolute Gasteiger partial charge is 0.241 e. The Hall–Kier alpha value is -2.22. The molecule has 1 aromatic carbocycles. The Kier molecular flexibility index (Phi) is 4.05. The van der Waals surface area contributed by atoms with E-state index in [2.05, 4.69) is 21.9 Å². The van der Waals surface area contributed by atoms with Gasteiger partial charge in [-0.3, -0.25) is 4.79 Å². The molecule has 1 fully saturated rings. The minimum Gasteiger partial charge on any atom is -0.468 e. The number of carbonyl (C=O) groups is 1. The molecule has 0 bridgehead atoms. The minimum absolute atomic E-state index is 0.0183. The number of thiazole rings is 1. The second-order valence-corrected chi connectivity index (χ2v) is 7.03. The predicted molar refractivity (Wildman–Crippen MR) is 92.2 cm³/mol. The number of likely N-dealkylation sites (N-methyl/N-ethyl adjacent to an activating group) is 1. The van der Waals surface area contributed by atoms with Crippen LogP contribution in [0.4, 0.5) is 0 Å². The fourth-order valence-electron chi connectivity index (χ4n) is 2.93. The van der Waals surface area contributed by atoms with Crippen molar-refractivity contribution in [2.45, 2.75) is 25.0 Å². The molecule has 0 saturated carbocycles. The molecule has 0 radical (unpaired) electrons. The zero-order valence-corrected chi connectivity index (χ0v) is 14.0. The number of furan rings is 1. The van der Waals surface area contributed by atoms with Crippen molar-refractivity contribution in [3.8, 4) is 0 Å². The first kappa shape index (κ1) is 15.3. The van der Waals surface area contributed by atoms with E-state index in [0.29, 0.717) is 13.0 Å². The molecular formula is C17H18N4O2S. The first-order valence-corrected chi connectivity index (χ1v) is 8.66. The Morgan fingerprint density at radius 2 is 2.21 bits per heavy atom. The number of carbonyl (C=O) groups excluding carboxylic acids is 1. The fraction of sp³-hybridized carbons (Fsp3) is 0.294. The van der Waals surface area contributed by atoms with E-state index in [1.165, 1.54) is 0 Å². The molecule has 0 aliphatic carbocycles. The van der Waals surface area contributed by atoms with Gasteiger partial charge < -0.3 is 9.32 Å². The zero-order chi connectivity index (χ0) is 16.5. The molecule has 3 heterocycles. The molecule has 4 rings (SSSR count). The highest BCUT2D eigenvalue weighted by atomic mass is 32.1. The number of rotatable bonds is 4. The van der Waals surface area contributed by atoms with Crippen LogP contribution in [0, 0.1) is 0 Å². The highest BCUT2D eigenvalue weighted by molar-refractivity contribution is 7.18. The number of hydrogen-bond donors (Lipinski definition) is 2. The van der Waals surface area contributed by atoms with Gasteiger partial charge in [-0.15, -0.1) is 11.3 Å². The van der Waals surface area contributed by atoms with Crippen LogP contribution in [0.5, 0.6) is 0 Å². The van der Waals surface area contributed by atoms with Crippen LogP contribution < -0.4 is 10.9 Å². The Morgan fingerprint density at radius 1 is 1.33 bits per heavy atom. The lowest BCUT2D eigenvalue weighted by Crippen LogP contribution is -2.43. The normalized spacial score (nSPS) is 20.5. The highest BCUT2D eigenvalue weighted by Gasteiger charge is 2.33. The molecule has 2 aromatic heterocycles. The number of para-hydroxylation sites is 1. The van der Waals surface area contributed by atoms with E-state index in [9.17, 15) is 4.79 Å². The first-order chi connectivity index (χ1) is 11.7. The topological polar surface area (TPSA) is 70.4 Å². The van der Waals surface area contributed by atoms with Gasteiger partial charge in [-0.2, -0.15) is 0 Å². The summed E-state index contributed by atoms with van der Waals surface area (Å²) in [6, 6.07) is 11.5. The average molecular weight is 342 g/mol. The van der Waals surface area contributed by atoms with Gasteiger partial charge in [0.2, 0.25) is 5.91 Å². The summed E-state index contributed by atoms with van der Waals surface area (Å²) < 4.78 is 6.54. The van der Waals surface area contributed by atoms with Gasteiger partial charge in [0, 0.05) is 7.05 Å². The van der Waals surface area contributed by atoms with Gasteiger partial charge in [0.05, 0.1) is 29.1 Å². The van der Waals surface area contributed by atoms with Crippen LogP contribution in [-0.2, 0) is 11.3 Å². The van der Waals surface area contributed by atoms with Crippen LogP contribution in [-0.4, -0.2) is 28.9 Å². The van der Waals surface area contributed by atoms with E-state index < -0.39 is 0 Å². The lowest BCUT2D eigenvalue weighted by Gasteiger charge is -2.19. The summed E-state index contributed by atoms with van der Waals surface area (Å²) in [4.78, 5) is 19.0. The van der Waals surface area contributed by atoms with E-state index in [1.807, 2.05) is 37.4 Å². The number of hydrazine groups is 1. The number of nitrogens with one attached hydrogen (secondary N) is 2. The lowest BCUT2D eigenvalue weighted by atomic mass is 10.1. The van der Waals surface area contributed by atoms with Gasteiger partial charge in [-0.05, 0) is 30.7 Å². The second kappa shape index (κ2) is 6.35. The molecule has 124 valence electrons. The molecule has 7 heteroatoms. The quantitative estimate of drug-likeness (QED) is 0.762. The predicted octanol–water partition coefficient (Wildman–Crippen LogP) is 2.46. The molecule has 2 N–H and O–H groups in total. The molecule has 2 atom stereocenters. The van der Waals surface area contributed by atoms with Gasteiger partial charge in [-0.1, -0.05) is 12.1 Å². The van der Waals surface area contributed by atoms with Gasteiger partial charge in [0.15, 0.2) is 0 Å². The van der Waals surface area contributed by atoms with Crippen molar-refractivity contribution in [3.63, 3.8) is 0 Å². The highest BCUT2D eigenvalue weighted by Crippen LogP contribution is 2.25. The third kappa shape index (κ3) is 2.93. The van der Waals surface area contributed by atoms with Crippen molar-refractivity contribution in [2.24, 2.45) is 0 Å². The Balaban J connectivity index is 1.41. The summed E-state index contributed by atoms with van der Waals surface area (Å²) in [5, 5.41) is 0.945. The maximum absolute atomic E-state index is 12.6. The number of nitrogens with zero attached hydrogens (tertiary/aromatic N) is 2. The third-order valence-electron chi connectivity index (χ3n) is 4.17. The van der Waals surface area contributed by atoms with Crippen LogP contribution >= 0.6 is 11.3 Å². The van der Waals surface area contributed by atoms with E-state index >= 15 is 0 Å². The van der Waals surface area contributed by atoms with Crippen molar-refractivity contribution in [1.82, 2.24) is 20.7 Å². The lowest BCUT2D eigenvalue weighted by molar-refractivity contribution is -0.132. The van der Waals surface area contributed by atoms with E-state index in [4.69, 9.17) is 4.42 Å². The average Bonchev–Trinajstić information content (AvgIpc) is 3.32. The maximum atomic E-state index is 12.6. The molecule has 1 saturated heterocycles. The van der Waals surface area contributed by atoms with Crippen LogP contribution in [0.15, 0.2) is 47.1 Å². The molecule has 2 unspecified atom stereocenters. The molecule has 3 aromatic rings. The summed E-state index contributed by atoms with van der Waals surface area (Å²) in [5.74, 6) is 0.891. The molecule has 1 aliphatic rings. The van der Waals surface area contributed by atoms with Gasteiger partial charge in [-0.25, -0.2) is 15.8 Å². The molecule has 1 aliphatic heterocycles. The van der Waals surface area contributed by atoms with Crippen molar-refractivity contribution >= 4 is 27.5 Å². The second-order valence-electron chi connectivity index (χ2n) is 5.91. The molecule has 6 nitrogen and oxygen atoms in total. The van der Waals surface area contributed by atoms with E-state index in [-0.39, 0.29) is 18.0 Å². The minimum atomic E-state index is -0.264. The van der Waals surface area contributed by atoms with E-state index in [1.54, 1.807) is 22.5 Å². The zero-order valence-electron chi connectivity index (χ0n) is 13.2. The largest absolute Gasteiger partial charge is 0.468 e. The van der Waals surface area contributed by atoms with Crippen molar-refractivity contribution in [1.29, 1.82) is 0 Å². The first-order valence-electron chi connectivity index (χ1n) is 7.84. The maximum Gasteiger partial charge on any atom is 0.241 e. The monoisotopic (exact) mass is 342 g/mol. The SMILES string of the molecule is CN(Cc1nc2ccccc2s1)C(=O)C1CC(c2ccco2)NN1. The summed E-state index contributed by atoms with van der Waals surface area (Å²) in [5.41, 5.74) is 7.18. The van der Waals surface area contributed by atoms with Gasteiger partial charge in [0.1, 0.15) is 16.8 Å². The number of amides is 1. The van der Waals surface area contributed by atoms with Gasteiger partial charge in [0.25, 0.3) is 0 Å². The fourth-order valence-corrected chi connectivity index (χ4v) is 3.95. The molecular weight excluding hydrogens is 324 g/mol. The van der Waals surface area contributed by atoms with Crippen LogP contribution in [0.3, 0.4) is 0 Å². The Morgan fingerprint density at radius 3 is 3.00 bits per heavy atom. The van der Waals surface area contributed by atoms with Crippen LogP contribution in [0.1, 0.15) is 23.2 Å². The number of hydrogen-bond acceptors (Lipinski definition) is 6. The van der Waals surface area contributed by atoms with Crippen LogP contribution in [0.25, 0.3) is 10.2 Å². The van der Waals surface area contributed by atoms with E-state index in [0.717, 1.165) is 21.0 Å². The third-order valence-corrected chi connectivity index (χ3v) is 5.20. The molecule has 0 spiro atoms. The Labute approximate surface area is 143 Å². The Bertz CT molecular complexity index is 812. The molecule has 24 heavy (non-hydrogen) atoms. The summed E-state index contributed by atoms with van der Waals surface area (Å²) >= 11 is 1.63. The standard InChI is InChI=1S/C17H18N4O2S/c1-21(10-16-18-11-5-2-3-7-15(11)24-16)17(22)13-9-12(19-20-13)14-6-4-8-23-14/h2-8,12-13,19-20H,9-10H2,1H3.